The third-order valence-electron chi connectivity index (χ3n) is 5.27. The Balaban J connectivity index is 1.71. The van der Waals surface area contributed by atoms with Crippen LogP contribution in [0.1, 0.15) is 11.1 Å². The number of nitrogens with zero attached hydrogens (tertiary/aromatic N) is 1. The van der Waals surface area contributed by atoms with Crippen molar-refractivity contribution in [2.75, 3.05) is 7.05 Å². The molecule has 4 N–H and O–H groups in total. The summed E-state index contributed by atoms with van der Waals surface area (Å²) in [5, 5.41) is 5.08. The lowest BCUT2D eigenvalue weighted by atomic mass is 9.97. The van der Waals surface area contributed by atoms with E-state index in [1.807, 2.05) is 0 Å². The van der Waals surface area contributed by atoms with Gasteiger partial charge in [-0.25, -0.2) is 22.9 Å². The summed E-state index contributed by atoms with van der Waals surface area (Å²) in [4.78, 5) is 15.0. The largest absolute Gasteiger partial charge is 0.460 e. The molecule has 9 nitrogen and oxygen atoms in total. The predicted octanol–water partition coefficient (Wildman–Crippen LogP) is -0.218. The molecule has 0 amide bonds. The van der Waals surface area contributed by atoms with Crippen LogP contribution in [0, 0.1) is 6.92 Å². The number of ether oxygens (including phenoxy) is 1. The van der Waals surface area contributed by atoms with Gasteiger partial charge in [0.15, 0.2) is 0 Å². The highest BCUT2D eigenvalue weighted by Gasteiger charge is 2.38. The number of rotatable bonds is 6. The molecule has 3 atom stereocenters. The lowest BCUT2D eigenvalue weighted by molar-refractivity contribution is 0.267. The fourth-order valence-corrected chi connectivity index (χ4v) is 5.16. The van der Waals surface area contributed by atoms with Crippen molar-refractivity contribution in [2.24, 2.45) is 5.73 Å². The average molecular weight is 497 g/mol. The molecule has 0 bridgehead atoms. The predicted molar refractivity (Wildman–Crippen MR) is 123 cm³/mol. The fraction of sp³-hybridized carbons (Fsp3) is 0.300. The van der Waals surface area contributed by atoms with Crippen molar-refractivity contribution < 1.29 is 17.6 Å². The molecule has 1 aliphatic heterocycles. The van der Waals surface area contributed by atoms with E-state index < -0.39 is 32.1 Å². The summed E-state index contributed by atoms with van der Waals surface area (Å²) in [6.45, 7) is 1.80. The van der Waals surface area contributed by atoms with Crippen molar-refractivity contribution in [2.45, 2.75) is 29.8 Å². The second-order valence-electron chi connectivity index (χ2n) is 7.30. The summed E-state index contributed by atoms with van der Waals surface area (Å²) in [6.07, 6.45) is 9.14. The lowest BCUT2D eigenvalue weighted by Crippen LogP contribution is -2.60. The number of allylic oxidation sites excluding steroid dienone is 2. The Labute approximate surface area is 193 Å². The SMILES string of the molecule is CNS(=O)(=O)C1(N)C=C(Cc2c(C)c3c(oc2=O)=CC(Oc2nccs2)C(Cl)C=3)C=CN1. The maximum absolute atomic E-state index is 12.8. The van der Waals surface area contributed by atoms with Gasteiger partial charge in [-0.15, -0.1) is 11.6 Å². The van der Waals surface area contributed by atoms with Crippen molar-refractivity contribution in [3.8, 4) is 5.19 Å². The van der Waals surface area contributed by atoms with Gasteiger partial charge in [-0.3, -0.25) is 5.73 Å². The Morgan fingerprint density at radius 3 is 2.91 bits per heavy atom. The van der Waals surface area contributed by atoms with Gasteiger partial charge in [-0.05, 0) is 43.5 Å². The zero-order valence-electron chi connectivity index (χ0n) is 17.2. The van der Waals surface area contributed by atoms with E-state index in [-0.39, 0.29) is 6.42 Å². The highest BCUT2D eigenvalue weighted by Crippen LogP contribution is 2.22. The number of nitrogens with two attached hydrogens (primary N) is 1. The molecular weight excluding hydrogens is 476 g/mol. The quantitative estimate of drug-likeness (QED) is 0.467. The summed E-state index contributed by atoms with van der Waals surface area (Å²) in [6, 6.07) is 0. The third kappa shape index (κ3) is 4.14. The first kappa shape index (κ1) is 22.7. The molecule has 3 unspecified atom stereocenters. The summed E-state index contributed by atoms with van der Waals surface area (Å²) in [7, 11) is -2.60. The summed E-state index contributed by atoms with van der Waals surface area (Å²) >= 11 is 7.85. The smallest absolute Gasteiger partial charge is 0.340 e. The summed E-state index contributed by atoms with van der Waals surface area (Å²) in [5.41, 5.74) is 7.50. The molecule has 2 aromatic heterocycles. The van der Waals surface area contributed by atoms with Crippen molar-refractivity contribution >= 4 is 45.1 Å². The Hall–Kier alpha value is -2.44. The van der Waals surface area contributed by atoms with E-state index in [1.165, 1.54) is 30.7 Å². The number of fused-ring (bicyclic) bond motifs is 1. The summed E-state index contributed by atoms with van der Waals surface area (Å²) < 4.78 is 38.1. The van der Waals surface area contributed by atoms with Gasteiger partial charge in [-0.2, -0.15) is 0 Å². The molecule has 0 spiro atoms. The molecule has 170 valence electrons. The van der Waals surface area contributed by atoms with Crippen LogP contribution < -0.4 is 36.8 Å². The first-order chi connectivity index (χ1) is 15.1. The van der Waals surface area contributed by atoms with E-state index in [4.69, 9.17) is 26.5 Å². The number of hydrogen-bond acceptors (Lipinski definition) is 9. The molecule has 12 heteroatoms. The van der Waals surface area contributed by atoms with E-state index in [9.17, 15) is 13.2 Å². The minimum atomic E-state index is -3.87. The van der Waals surface area contributed by atoms with E-state index in [0.717, 1.165) is 0 Å². The van der Waals surface area contributed by atoms with Crippen LogP contribution in [0.4, 0.5) is 0 Å². The van der Waals surface area contributed by atoms with Crippen LogP contribution in [0.25, 0.3) is 12.2 Å². The Bertz CT molecular complexity index is 1380. The molecule has 0 radical (unpaired) electrons. The maximum Gasteiger partial charge on any atom is 0.340 e. The topological polar surface area (TPSA) is 137 Å². The van der Waals surface area contributed by atoms with Crippen LogP contribution in [0.2, 0.25) is 0 Å². The number of aromatic nitrogens is 1. The van der Waals surface area contributed by atoms with Crippen LogP contribution in [0.5, 0.6) is 5.19 Å². The molecular formula is C20H21ClN4O5S2. The van der Waals surface area contributed by atoms with Crippen LogP contribution in [-0.2, 0) is 16.4 Å². The van der Waals surface area contributed by atoms with E-state index in [1.54, 1.807) is 36.7 Å². The van der Waals surface area contributed by atoms with E-state index in [0.29, 0.717) is 32.5 Å². The van der Waals surface area contributed by atoms with Gasteiger partial charge < -0.3 is 14.5 Å². The second-order valence-corrected chi connectivity index (χ2v) is 10.8. The molecule has 2 aromatic rings. The highest BCUT2D eigenvalue weighted by atomic mass is 35.5. The standard InChI is InChI=1S/C20H21ClN4O5S2/c1-11-13-8-15(21)17(30-19-24-5-6-31-19)9-16(13)29-18(26)14(11)7-12-3-4-25-20(22,10-12)32(27,28)23-2/h3-6,8-10,15,17,23,25H,7,22H2,1-2H3. The van der Waals surface area contributed by atoms with Gasteiger partial charge in [0.2, 0.25) is 4.99 Å². The molecule has 0 aromatic carbocycles. The Morgan fingerprint density at radius 2 is 2.22 bits per heavy atom. The Morgan fingerprint density at radius 1 is 1.44 bits per heavy atom. The van der Waals surface area contributed by atoms with Crippen molar-refractivity contribution in [1.29, 1.82) is 0 Å². The number of hydrogen-bond donors (Lipinski definition) is 3. The number of dihydropyridines is 1. The number of halogens is 1. The number of thiazole rings is 1. The molecule has 0 saturated heterocycles. The zero-order valence-corrected chi connectivity index (χ0v) is 19.6. The number of nitrogens with one attached hydrogen (secondary N) is 2. The maximum atomic E-state index is 12.8. The van der Waals surface area contributed by atoms with Gasteiger partial charge in [0.05, 0.1) is 5.38 Å². The van der Waals surface area contributed by atoms with Crippen LogP contribution in [0.15, 0.2) is 44.7 Å². The Kier molecular flexibility index (Phi) is 6.03. The normalized spacial score (nSPS) is 24.6. The van der Waals surface area contributed by atoms with Gasteiger partial charge >= 0.3 is 5.63 Å². The fourth-order valence-electron chi connectivity index (χ4n) is 3.51. The molecule has 2 aliphatic rings. The second kappa shape index (κ2) is 8.49. The molecule has 1 aliphatic carbocycles. The summed E-state index contributed by atoms with van der Waals surface area (Å²) in [5.74, 6) is 0. The molecule has 32 heavy (non-hydrogen) atoms. The van der Waals surface area contributed by atoms with Gasteiger partial charge in [-0.1, -0.05) is 17.4 Å². The first-order valence-electron chi connectivity index (χ1n) is 9.58. The van der Waals surface area contributed by atoms with Crippen LogP contribution >= 0.6 is 22.9 Å². The average Bonchev–Trinajstić information content (AvgIpc) is 3.26. The van der Waals surface area contributed by atoms with E-state index in [2.05, 4.69) is 15.0 Å². The zero-order chi connectivity index (χ0) is 23.1. The van der Waals surface area contributed by atoms with E-state index >= 15 is 0 Å². The van der Waals surface area contributed by atoms with Crippen LogP contribution in [-0.4, -0.2) is 36.9 Å². The number of sulfonamides is 1. The minimum absolute atomic E-state index is 0.137. The molecule has 3 heterocycles. The van der Waals surface area contributed by atoms with Gasteiger partial charge in [0.1, 0.15) is 11.5 Å². The first-order valence-corrected chi connectivity index (χ1v) is 12.4. The molecule has 4 rings (SSSR count). The minimum Gasteiger partial charge on any atom is -0.460 e. The molecule has 0 fully saturated rings. The van der Waals surface area contributed by atoms with Gasteiger partial charge in [0, 0.05) is 34.9 Å². The van der Waals surface area contributed by atoms with Crippen molar-refractivity contribution in [1.82, 2.24) is 15.0 Å². The highest BCUT2D eigenvalue weighted by molar-refractivity contribution is 7.91. The third-order valence-corrected chi connectivity index (χ3v) is 7.97. The van der Waals surface area contributed by atoms with Gasteiger partial charge in [0.25, 0.3) is 15.2 Å². The van der Waals surface area contributed by atoms with Crippen LogP contribution in [0.3, 0.4) is 0 Å². The van der Waals surface area contributed by atoms with Crippen molar-refractivity contribution in [3.05, 3.63) is 67.7 Å². The molecule has 0 saturated carbocycles. The lowest BCUT2D eigenvalue weighted by Gasteiger charge is -2.29. The van der Waals surface area contributed by atoms with Crippen molar-refractivity contribution in [3.63, 3.8) is 0 Å². The monoisotopic (exact) mass is 496 g/mol. The number of alkyl halides is 1.